The van der Waals surface area contributed by atoms with Crippen LogP contribution in [0.15, 0.2) is 54.6 Å². The summed E-state index contributed by atoms with van der Waals surface area (Å²) in [6.45, 7) is 0. The average molecular weight is 419 g/mol. The van der Waals surface area contributed by atoms with Crippen LogP contribution in [-0.2, 0) is 26.0 Å². The molecule has 0 aliphatic heterocycles. The van der Waals surface area contributed by atoms with Crippen molar-refractivity contribution >= 4 is 16.0 Å². The van der Waals surface area contributed by atoms with Gasteiger partial charge in [0.2, 0.25) is 10.0 Å². The van der Waals surface area contributed by atoms with Crippen LogP contribution in [0.4, 0.5) is 4.39 Å². The fourth-order valence-electron chi connectivity index (χ4n) is 3.70. The smallest absolute Gasteiger partial charge is 0.316 e. The maximum Gasteiger partial charge on any atom is 0.316 e. The van der Waals surface area contributed by atoms with E-state index >= 15 is 0 Å². The number of benzene rings is 2. The molecule has 0 spiro atoms. The number of para-hydroxylation sites is 1. The van der Waals surface area contributed by atoms with E-state index < -0.39 is 33.3 Å². The third-order valence-electron chi connectivity index (χ3n) is 4.93. The van der Waals surface area contributed by atoms with Crippen molar-refractivity contribution in [3.63, 3.8) is 0 Å². The molecule has 2 N–H and O–H groups in total. The summed E-state index contributed by atoms with van der Waals surface area (Å²) >= 11 is 0. The Labute approximate surface area is 169 Å². The van der Waals surface area contributed by atoms with Crippen molar-refractivity contribution in [3.05, 3.63) is 66.0 Å². The van der Waals surface area contributed by atoms with Gasteiger partial charge in [0.25, 0.3) is 0 Å². The highest BCUT2D eigenvalue weighted by molar-refractivity contribution is 7.88. The Balaban J connectivity index is 1.94. The van der Waals surface area contributed by atoms with E-state index in [4.69, 9.17) is 4.74 Å². The molecule has 154 valence electrons. The molecule has 8 heteroatoms. The fourth-order valence-corrected chi connectivity index (χ4v) is 4.41. The van der Waals surface area contributed by atoms with Gasteiger partial charge in [-0.15, -0.1) is 0 Å². The predicted octanol–water partition coefficient (Wildman–Crippen LogP) is 2.78. The highest BCUT2D eigenvalue weighted by atomic mass is 32.2. The fraction of sp³-hybridized carbons (Fsp3) is 0.286. The molecule has 0 heterocycles. The van der Waals surface area contributed by atoms with Crippen LogP contribution in [0.5, 0.6) is 5.75 Å². The van der Waals surface area contributed by atoms with Crippen LogP contribution in [0.1, 0.15) is 12.0 Å². The summed E-state index contributed by atoms with van der Waals surface area (Å²) in [5, 5.41) is 10.1. The molecule has 2 aromatic carbocycles. The number of aromatic hydroxyl groups is 1. The monoisotopic (exact) mass is 419 g/mol. The number of ether oxygens (including phenoxy) is 1. The lowest BCUT2D eigenvalue weighted by molar-refractivity contribution is -0.149. The van der Waals surface area contributed by atoms with Gasteiger partial charge in [-0.1, -0.05) is 36.4 Å². The molecule has 0 aromatic heterocycles. The van der Waals surface area contributed by atoms with E-state index in [1.54, 1.807) is 42.5 Å². The van der Waals surface area contributed by atoms with E-state index in [1.807, 2.05) is 0 Å². The molecule has 3 rings (SSSR count). The maximum absolute atomic E-state index is 14.4. The van der Waals surface area contributed by atoms with E-state index in [0.29, 0.717) is 11.1 Å². The van der Waals surface area contributed by atoms with Gasteiger partial charge in [0, 0.05) is 17.2 Å². The second-order valence-corrected chi connectivity index (χ2v) is 9.00. The molecule has 0 radical (unpaired) electrons. The molecule has 29 heavy (non-hydrogen) atoms. The number of halogens is 1. The number of carbonyl (C=O) groups excluding carboxylic acids is 1. The van der Waals surface area contributed by atoms with Crippen molar-refractivity contribution in [3.8, 4) is 16.9 Å². The molecule has 2 atom stereocenters. The minimum absolute atomic E-state index is 0.0515. The maximum atomic E-state index is 14.4. The van der Waals surface area contributed by atoms with Gasteiger partial charge in [0.15, 0.2) is 0 Å². The Bertz CT molecular complexity index is 1070. The van der Waals surface area contributed by atoms with Crippen LogP contribution >= 0.6 is 0 Å². The number of rotatable bonds is 6. The minimum atomic E-state index is -3.45. The zero-order chi connectivity index (χ0) is 21.2. The second kappa shape index (κ2) is 7.96. The summed E-state index contributed by atoms with van der Waals surface area (Å²) < 4.78 is 44.9. The third-order valence-corrected chi connectivity index (χ3v) is 5.66. The first-order valence-electron chi connectivity index (χ1n) is 8.95. The number of esters is 1. The summed E-state index contributed by atoms with van der Waals surface area (Å²) in [5.41, 5.74) is 0.135. The lowest BCUT2D eigenvalue weighted by atomic mass is 9.80. The van der Waals surface area contributed by atoms with Gasteiger partial charge in [0.05, 0.1) is 18.8 Å². The molecule has 0 amide bonds. The number of methoxy groups -OCH3 is 1. The number of hydrogen-bond acceptors (Lipinski definition) is 5. The summed E-state index contributed by atoms with van der Waals surface area (Å²) in [6.07, 6.45) is 4.71. The van der Waals surface area contributed by atoms with E-state index in [2.05, 4.69) is 4.72 Å². The molecule has 1 aliphatic carbocycles. The first-order chi connectivity index (χ1) is 13.6. The molecule has 6 nitrogen and oxygen atoms in total. The first kappa shape index (κ1) is 21.0. The van der Waals surface area contributed by atoms with Gasteiger partial charge < -0.3 is 9.84 Å². The zero-order valence-corrected chi connectivity index (χ0v) is 16.9. The molecule has 1 aliphatic rings. The lowest BCUT2D eigenvalue weighted by Gasteiger charge is -2.26. The molecule has 0 bridgehead atoms. The molecular formula is C21H22FNO5S. The third kappa shape index (κ3) is 4.65. The summed E-state index contributed by atoms with van der Waals surface area (Å²) in [7, 11) is -2.18. The number of phenols is 1. The largest absolute Gasteiger partial charge is 0.507 e. The Morgan fingerprint density at radius 2 is 2.00 bits per heavy atom. The molecule has 0 saturated carbocycles. The standard InChI is InChI=1S/C21H22FNO5S/c1-28-20(25)21(10-9-15(13-21)23-29(2,26)27)12-14-7-8-18(22)17(11-14)16-5-3-4-6-19(16)24/h3-11,15,23-24H,12-13H2,1-2H3/t15-,21+/m0/s1. The van der Waals surface area contributed by atoms with Crippen molar-refractivity contribution < 1.29 is 27.4 Å². The van der Waals surface area contributed by atoms with Crippen LogP contribution in [0, 0.1) is 11.2 Å². The molecule has 0 unspecified atom stereocenters. The molecule has 0 saturated heterocycles. The Kier molecular flexibility index (Phi) is 5.77. The minimum Gasteiger partial charge on any atom is -0.507 e. The van der Waals surface area contributed by atoms with E-state index in [1.165, 1.54) is 19.2 Å². The second-order valence-electron chi connectivity index (χ2n) is 7.22. The summed E-state index contributed by atoms with van der Waals surface area (Å²) in [5.74, 6) is -1.05. The van der Waals surface area contributed by atoms with E-state index in [-0.39, 0.29) is 24.2 Å². The van der Waals surface area contributed by atoms with Gasteiger partial charge in [-0.25, -0.2) is 17.5 Å². The highest BCUT2D eigenvalue weighted by Crippen LogP contribution is 2.39. The van der Waals surface area contributed by atoms with Crippen molar-refractivity contribution in [2.24, 2.45) is 5.41 Å². The number of nitrogens with one attached hydrogen (secondary N) is 1. The van der Waals surface area contributed by atoms with Crippen molar-refractivity contribution in [2.75, 3.05) is 13.4 Å². The molecule has 0 fully saturated rings. The van der Waals surface area contributed by atoms with Crippen molar-refractivity contribution in [1.82, 2.24) is 4.72 Å². The van der Waals surface area contributed by atoms with Crippen molar-refractivity contribution in [2.45, 2.75) is 18.9 Å². The highest BCUT2D eigenvalue weighted by Gasteiger charge is 2.43. The molecule has 2 aromatic rings. The van der Waals surface area contributed by atoms with Gasteiger partial charge in [-0.3, -0.25) is 4.79 Å². The number of hydrogen-bond donors (Lipinski definition) is 2. The summed E-state index contributed by atoms with van der Waals surface area (Å²) in [4.78, 5) is 12.6. The Morgan fingerprint density at radius 1 is 1.28 bits per heavy atom. The van der Waals surface area contributed by atoms with Gasteiger partial charge in [-0.2, -0.15) is 0 Å². The molecular weight excluding hydrogens is 397 g/mol. The van der Waals surface area contributed by atoms with Crippen LogP contribution < -0.4 is 4.72 Å². The topological polar surface area (TPSA) is 92.7 Å². The van der Waals surface area contributed by atoms with Gasteiger partial charge >= 0.3 is 5.97 Å². The van der Waals surface area contributed by atoms with Crippen LogP contribution in [-0.4, -0.2) is 38.9 Å². The lowest BCUT2D eigenvalue weighted by Crippen LogP contribution is -2.38. The van der Waals surface area contributed by atoms with E-state index in [0.717, 1.165) is 6.26 Å². The van der Waals surface area contributed by atoms with Gasteiger partial charge in [-0.05, 0) is 36.6 Å². The Hall–Kier alpha value is -2.71. The van der Waals surface area contributed by atoms with E-state index in [9.17, 15) is 22.7 Å². The van der Waals surface area contributed by atoms with Crippen molar-refractivity contribution in [1.29, 1.82) is 0 Å². The predicted molar refractivity (Wildman–Crippen MR) is 107 cm³/mol. The number of sulfonamides is 1. The van der Waals surface area contributed by atoms with Crippen LogP contribution in [0.25, 0.3) is 11.1 Å². The average Bonchev–Trinajstić information content (AvgIpc) is 3.05. The zero-order valence-electron chi connectivity index (χ0n) is 16.1. The SMILES string of the molecule is COC(=O)[C@@]1(Cc2ccc(F)c(-c3ccccc3O)c2)C=C[C@H](NS(C)(=O)=O)C1. The van der Waals surface area contributed by atoms with Gasteiger partial charge in [0.1, 0.15) is 11.6 Å². The normalized spacial score (nSPS) is 21.3. The number of phenolic OH excluding ortho intramolecular Hbond substituents is 1. The Morgan fingerprint density at radius 3 is 2.66 bits per heavy atom. The quantitative estimate of drug-likeness (QED) is 0.555. The van der Waals surface area contributed by atoms with Crippen LogP contribution in [0.2, 0.25) is 0 Å². The number of carbonyl (C=O) groups is 1. The first-order valence-corrected chi connectivity index (χ1v) is 10.8. The van der Waals surface area contributed by atoms with Crippen LogP contribution in [0.3, 0.4) is 0 Å². The summed E-state index contributed by atoms with van der Waals surface area (Å²) in [6, 6.07) is 10.3.